The molecule has 3 heterocycles. The molecule has 1 fully saturated rings. The van der Waals surface area contributed by atoms with Gasteiger partial charge in [0.2, 0.25) is 5.91 Å². The molecule has 0 radical (unpaired) electrons. The van der Waals surface area contributed by atoms with Gasteiger partial charge in [-0.2, -0.15) is 5.10 Å². The second-order valence-corrected chi connectivity index (χ2v) is 6.82. The standard InChI is InChI=1S/C19H24N4O/c24-19(23-12-7-16-3-1-2-4-18(16)23)8-11-22-9-5-15(6-10-22)17-13-20-21-14-17/h1-4,13-15H,5-12H2,(H,20,21). The third-order valence-electron chi connectivity index (χ3n) is 5.41. The topological polar surface area (TPSA) is 52.2 Å². The summed E-state index contributed by atoms with van der Waals surface area (Å²) in [6.07, 6.45) is 7.85. The Morgan fingerprint density at radius 1 is 1.21 bits per heavy atom. The lowest BCUT2D eigenvalue weighted by Gasteiger charge is -2.31. The number of nitrogens with one attached hydrogen (secondary N) is 1. The zero-order valence-electron chi connectivity index (χ0n) is 13.9. The van der Waals surface area contributed by atoms with Crippen LogP contribution in [-0.4, -0.2) is 47.2 Å². The van der Waals surface area contributed by atoms with E-state index in [-0.39, 0.29) is 5.91 Å². The molecule has 2 aromatic rings. The molecule has 126 valence electrons. The van der Waals surface area contributed by atoms with Crippen LogP contribution in [0.5, 0.6) is 0 Å². The molecule has 2 aliphatic rings. The van der Waals surface area contributed by atoms with Crippen LogP contribution in [0, 0.1) is 0 Å². The second kappa shape index (κ2) is 6.77. The van der Waals surface area contributed by atoms with Crippen molar-refractivity contribution in [2.24, 2.45) is 0 Å². The van der Waals surface area contributed by atoms with Gasteiger partial charge in [0.1, 0.15) is 0 Å². The fourth-order valence-electron chi connectivity index (χ4n) is 3.96. The van der Waals surface area contributed by atoms with Crippen molar-refractivity contribution < 1.29 is 4.79 Å². The highest BCUT2D eigenvalue weighted by molar-refractivity contribution is 5.95. The highest BCUT2D eigenvalue weighted by Gasteiger charge is 2.25. The Balaban J connectivity index is 1.27. The van der Waals surface area contributed by atoms with Gasteiger partial charge in [0, 0.05) is 31.4 Å². The van der Waals surface area contributed by atoms with Crippen LogP contribution in [0.15, 0.2) is 36.7 Å². The molecular formula is C19H24N4O. The van der Waals surface area contributed by atoms with Gasteiger partial charge in [-0.1, -0.05) is 18.2 Å². The summed E-state index contributed by atoms with van der Waals surface area (Å²) in [4.78, 5) is 17.0. The van der Waals surface area contributed by atoms with Gasteiger partial charge in [0.25, 0.3) is 0 Å². The summed E-state index contributed by atoms with van der Waals surface area (Å²) in [7, 11) is 0. The third kappa shape index (κ3) is 3.08. The summed E-state index contributed by atoms with van der Waals surface area (Å²) in [5.41, 5.74) is 3.73. The molecule has 0 unspecified atom stereocenters. The zero-order chi connectivity index (χ0) is 16.4. The number of aromatic nitrogens is 2. The summed E-state index contributed by atoms with van der Waals surface area (Å²) in [5.74, 6) is 0.873. The van der Waals surface area contributed by atoms with Crippen molar-refractivity contribution in [3.63, 3.8) is 0 Å². The number of fused-ring (bicyclic) bond motifs is 1. The van der Waals surface area contributed by atoms with Crippen LogP contribution in [-0.2, 0) is 11.2 Å². The first-order valence-corrected chi connectivity index (χ1v) is 8.90. The van der Waals surface area contributed by atoms with Crippen molar-refractivity contribution in [3.05, 3.63) is 47.8 Å². The molecule has 1 N–H and O–H groups in total. The normalized spacial score (nSPS) is 18.8. The van der Waals surface area contributed by atoms with Crippen molar-refractivity contribution in [2.75, 3.05) is 31.1 Å². The summed E-state index contributed by atoms with van der Waals surface area (Å²) in [6, 6.07) is 8.27. The number of nitrogens with zero attached hydrogens (tertiary/aromatic N) is 3. The quantitative estimate of drug-likeness (QED) is 0.940. The minimum absolute atomic E-state index is 0.261. The number of hydrogen-bond donors (Lipinski definition) is 1. The minimum atomic E-state index is 0.261. The lowest BCUT2D eigenvalue weighted by molar-refractivity contribution is -0.118. The molecule has 0 saturated carbocycles. The average Bonchev–Trinajstić information content (AvgIpc) is 3.30. The first kappa shape index (κ1) is 15.4. The zero-order valence-corrected chi connectivity index (χ0v) is 13.9. The maximum Gasteiger partial charge on any atom is 0.228 e. The average molecular weight is 324 g/mol. The van der Waals surface area contributed by atoms with Crippen LogP contribution in [0.25, 0.3) is 0 Å². The molecule has 5 heteroatoms. The predicted molar refractivity (Wildman–Crippen MR) is 94.1 cm³/mol. The van der Waals surface area contributed by atoms with Gasteiger partial charge in [0.05, 0.1) is 6.20 Å². The molecule has 1 aromatic heterocycles. The van der Waals surface area contributed by atoms with Crippen molar-refractivity contribution in [3.8, 4) is 0 Å². The van der Waals surface area contributed by atoms with Crippen LogP contribution in [0.2, 0.25) is 0 Å². The number of aromatic amines is 1. The number of carbonyl (C=O) groups excluding carboxylic acids is 1. The molecule has 0 spiro atoms. The van der Waals surface area contributed by atoms with Gasteiger partial charge >= 0.3 is 0 Å². The van der Waals surface area contributed by atoms with Crippen molar-refractivity contribution in [2.45, 2.75) is 31.6 Å². The maximum absolute atomic E-state index is 12.6. The van der Waals surface area contributed by atoms with E-state index in [2.05, 4.69) is 33.3 Å². The highest BCUT2D eigenvalue weighted by Crippen LogP contribution is 2.29. The van der Waals surface area contributed by atoms with E-state index >= 15 is 0 Å². The Kier molecular flexibility index (Phi) is 4.34. The Morgan fingerprint density at radius 2 is 2.04 bits per heavy atom. The number of para-hydroxylation sites is 1. The van der Waals surface area contributed by atoms with Crippen molar-refractivity contribution >= 4 is 11.6 Å². The largest absolute Gasteiger partial charge is 0.312 e. The maximum atomic E-state index is 12.6. The molecule has 1 amide bonds. The van der Waals surface area contributed by atoms with Crippen LogP contribution in [0.3, 0.4) is 0 Å². The van der Waals surface area contributed by atoms with Gasteiger partial charge in [-0.3, -0.25) is 9.89 Å². The van der Waals surface area contributed by atoms with Gasteiger partial charge in [-0.05, 0) is 55.5 Å². The number of likely N-dealkylation sites (tertiary alicyclic amines) is 1. The number of benzene rings is 1. The number of anilines is 1. The number of carbonyl (C=O) groups is 1. The first-order chi connectivity index (χ1) is 11.8. The fourth-order valence-corrected chi connectivity index (χ4v) is 3.96. The molecule has 4 rings (SSSR count). The molecule has 24 heavy (non-hydrogen) atoms. The lowest BCUT2D eigenvalue weighted by atomic mass is 9.91. The van der Waals surface area contributed by atoms with E-state index in [4.69, 9.17) is 0 Å². The molecule has 0 aliphatic carbocycles. The monoisotopic (exact) mass is 324 g/mol. The van der Waals surface area contributed by atoms with Gasteiger partial charge in [-0.25, -0.2) is 0 Å². The highest BCUT2D eigenvalue weighted by atomic mass is 16.2. The van der Waals surface area contributed by atoms with E-state index in [0.29, 0.717) is 12.3 Å². The van der Waals surface area contributed by atoms with Crippen LogP contribution >= 0.6 is 0 Å². The number of rotatable bonds is 4. The minimum Gasteiger partial charge on any atom is -0.312 e. The van der Waals surface area contributed by atoms with Crippen molar-refractivity contribution in [1.29, 1.82) is 0 Å². The van der Waals surface area contributed by atoms with E-state index in [9.17, 15) is 4.79 Å². The Bertz CT molecular complexity index is 689. The summed E-state index contributed by atoms with van der Waals surface area (Å²) < 4.78 is 0. The molecular weight excluding hydrogens is 300 g/mol. The summed E-state index contributed by atoms with van der Waals surface area (Å²) in [6.45, 7) is 3.84. The van der Waals surface area contributed by atoms with Crippen LogP contribution < -0.4 is 4.90 Å². The number of hydrogen-bond acceptors (Lipinski definition) is 3. The fraction of sp³-hybridized carbons (Fsp3) is 0.474. The van der Waals surface area contributed by atoms with E-state index in [1.807, 2.05) is 23.4 Å². The molecule has 5 nitrogen and oxygen atoms in total. The summed E-state index contributed by atoms with van der Waals surface area (Å²) in [5, 5.41) is 6.95. The molecule has 2 aliphatic heterocycles. The molecule has 1 aromatic carbocycles. The van der Waals surface area contributed by atoms with E-state index in [1.54, 1.807) is 0 Å². The van der Waals surface area contributed by atoms with E-state index < -0.39 is 0 Å². The predicted octanol–water partition coefficient (Wildman–Crippen LogP) is 2.57. The van der Waals surface area contributed by atoms with Gasteiger partial charge in [-0.15, -0.1) is 0 Å². The molecule has 1 saturated heterocycles. The molecule has 0 bridgehead atoms. The SMILES string of the molecule is O=C(CCN1CCC(c2cn[nH]c2)CC1)N1CCc2ccccc21. The van der Waals surface area contributed by atoms with Crippen LogP contribution in [0.1, 0.15) is 36.3 Å². The number of H-pyrrole nitrogens is 1. The smallest absolute Gasteiger partial charge is 0.228 e. The number of piperidine rings is 1. The van der Waals surface area contributed by atoms with Gasteiger partial charge < -0.3 is 9.80 Å². The van der Waals surface area contributed by atoms with E-state index in [0.717, 1.165) is 51.1 Å². The Labute approximate surface area is 142 Å². The Morgan fingerprint density at radius 3 is 2.83 bits per heavy atom. The second-order valence-electron chi connectivity index (χ2n) is 6.82. The van der Waals surface area contributed by atoms with Gasteiger partial charge in [0.15, 0.2) is 0 Å². The lowest BCUT2D eigenvalue weighted by Crippen LogP contribution is -2.37. The first-order valence-electron chi connectivity index (χ1n) is 8.90. The third-order valence-corrected chi connectivity index (χ3v) is 5.41. The van der Waals surface area contributed by atoms with Crippen LogP contribution in [0.4, 0.5) is 5.69 Å². The van der Waals surface area contributed by atoms with E-state index in [1.165, 1.54) is 11.1 Å². The number of amides is 1. The molecule has 0 atom stereocenters. The van der Waals surface area contributed by atoms with Crippen molar-refractivity contribution in [1.82, 2.24) is 15.1 Å². The summed E-state index contributed by atoms with van der Waals surface area (Å²) >= 11 is 0. The Hall–Kier alpha value is -2.14.